The number of ketones is 1. The van der Waals surface area contributed by atoms with Gasteiger partial charge in [0.05, 0.1) is 30.0 Å². The summed E-state index contributed by atoms with van der Waals surface area (Å²) < 4.78 is 5.76. The van der Waals surface area contributed by atoms with E-state index in [0.29, 0.717) is 17.0 Å². The van der Waals surface area contributed by atoms with Crippen LogP contribution in [0.5, 0.6) is 5.75 Å². The molecular weight excluding hydrogens is 442 g/mol. The predicted octanol–water partition coefficient (Wildman–Crippen LogP) is 4.97. The Morgan fingerprint density at radius 3 is 2.66 bits per heavy atom. The van der Waals surface area contributed by atoms with Crippen molar-refractivity contribution in [1.82, 2.24) is 14.9 Å². The van der Waals surface area contributed by atoms with Crippen molar-refractivity contribution < 1.29 is 19.4 Å². The van der Waals surface area contributed by atoms with E-state index in [1.165, 1.54) is 4.90 Å². The van der Waals surface area contributed by atoms with Crippen LogP contribution in [-0.4, -0.2) is 37.8 Å². The largest absolute Gasteiger partial charge is 0.507 e. The van der Waals surface area contributed by atoms with Gasteiger partial charge in [-0.3, -0.25) is 14.6 Å². The first kappa shape index (κ1) is 22.4. The number of nitrogens with one attached hydrogen (secondary N) is 1. The minimum atomic E-state index is -0.789. The number of carbonyl (C=O) groups excluding carboxylic acids is 2. The number of aliphatic hydroxyl groups excluding tert-OH is 1. The fraction of sp³-hybridized carbons (Fsp3) is 0.179. The standard InChI is InChI=1S/C28H25N3O4/c1-17(2)35-20-10-7-8-18(14-20)26(32)24-25(22-15-30-23-12-4-3-11-21(22)23)31(28(34)27(24)33)16-19-9-5-6-13-29-19/h3-15,17,25,30,32H,16H2,1-2H3/b26-24+. The lowest BCUT2D eigenvalue weighted by atomic mass is 9.95. The molecule has 1 unspecified atom stereocenters. The molecule has 7 nitrogen and oxygen atoms in total. The highest BCUT2D eigenvalue weighted by atomic mass is 16.5. The maximum atomic E-state index is 13.4. The SMILES string of the molecule is CC(C)Oc1cccc(/C(O)=C2\C(=O)C(=O)N(Cc3ccccn3)C2c2c[nH]c3ccccc23)c1. The summed E-state index contributed by atoms with van der Waals surface area (Å²) in [6.45, 7) is 3.95. The number of fused-ring (bicyclic) bond motifs is 1. The average molecular weight is 468 g/mol. The van der Waals surface area contributed by atoms with Gasteiger partial charge in [0.1, 0.15) is 11.5 Å². The molecule has 1 amide bonds. The number of nitrogens with zero attached hydrogens (tertiary/aromatic N) is 2. The number of aromatic amines is 1. The molecular formula is C28H25N3O4. The Labute approximate surface area is 202 Å². The van der Waals surface area contributed by atoms with Crippen molar-refractivity contribution in [2.75, 3.05) is 0 Å². The van der Waals surface area contributed by atoms with Crippen molar-refractivity contribution >= 4 is 28.4 Å². The molecule has 5 rings (SSSR count). The van der Waals surface area contributed by atoms with Gasteiger partial charge < -0.3 is 19.7 Å². The molecule has 1 fully saturated rings. The molecule has 2 aromatic carbocycles. The highest BCUT2D eigenvalue weighted by Gasteiger charge is 2.47. The first-order chi connectivity index (χ1) is 16.9. The second-order valence-corrected chi connectivity index (χ2v) is 8.73. The number of rotatable bonds is 6. The fourth-order valence-electron chi connectivity index (χ4n) is 4.50. The maximum absolute atomic E-state index is 13.4. The first-order valence-corrected chi connectivity index (χ1v) is 11.5. The van der Waals surface area contributed by atoms with Crippen LogP contribution in [0.25, 0.3) is 16.7 Å². The van der Waals surface area contributed by atoms with E-state index < -0.39 is 17.7 Å². The van der Waals surface area contributed by atoms with Gasteiger partial charge in [-0.15, -0.1) is 0 Å². The number of pyridine rings is 1. The molecule has 4 aromatic rings. The summed E-state index contributed by atoms with van der Waals surface area (Å²) in [5.41, 5.74) is 2.69. The quantitative estimate of drug-likeness (QED) is 0.237. The highest BCUT2D eigenvalue weighted by molar-refractivity contribution is 6.46. The molecule has 1 saturated heterocycles. The molecule has 1 atom stereocenters. The molecule has 0 aliphatic carbocycles. The number of H-pyrrole nitrogens is 1. The molecule has 1 aliphatic heterocycles. The number of likely N-dealkylation sites (tertiary alicyclic amines) is 1. The molecule has 0 radical (unpaired) electrons. The monoisotopic (exact) mass is 467 g/mol. The number of benzene rings is 2. The van der Waals surface area contributed by atoms with Gasteiger partial charge in [0.25, 0.3) is 11.7 Å². The Kier molecular flexibility index (Phi) is 5.82. The topological polar surface area (TPSA) is 95.5 Å². The zero-order valence-corrected chi connectivity index (χ0v) is 19.4. The molecule has 0 spiro atoms. The minimum absolute atomic E-state index is 0.0392. The normalized spacial score (nSPS) is 17.5. The van der Waals surface area contributed by atoms with Gasteiger partial charge in [0.2, 0.25) is 0 Å². The second-order valence-electron chi connectivity index (χ2n) is 8.73. The number of carbonyl (C=O) groups is 2. The smallest absolute Gasteiger partial charge is 0.296 e. The fourth-order valence-corrected chi connectivity index (χ4v) is 4.50. The van der Waals surface area contributed by atoms with E-state index in [9.17, 15) is 14.7 Å². The molecule has 2 aromatic heterocycles. The minimum Gasteiger partial charge on any atom is -0.507 e. The Bertz CT molecular complexity index is 1440. The number of hydrogen-bond donors (Lipinski definition) is 2. The van der Waals surface area contributed by atoms with Crippen LogP contribution in [0.1, 0.15) is 36.7 Å². The van der Waals surface area contributed by atoms with E-state index >= 15 is 0 Å². The Morgan fingerprint density at radius 2 is 1.89 bits per heavy atom. The Hall–Kier alpha value is -4.39. The zero-order chi connectivity index (χ0) is 24.5. The third-order valence-corrected chi connectivity index (χ3v) is 5.99. The van der Waals surface area contributed by atoms with E-state index in [2.05, 4.69) is 9.97 Å². The van der Waals surface area contributed by atoms with Gasteiger partial charge >= 0.3 is 0 Å². The van der Waals surface area contributed by atoms with Crippen molar-refractivity contribution in [2.24, 2.45) is 0 Å². The van der Waals surface area contributed by atoms with Crippen molar-refractivity contribution in [2.45, 2.75) is 32.5 Å². The van der Waals surface area contributed by atoms with Crippen LogP contribution < -0.4 is 4.74 Å². The third kappa shape index (κ3) is 4.17. The molecule has 0 saturated carbocycles. The van der Waals surface area contributed by atoms with Gasteiger partial charge in [-0.1, -0.05) is 36.4 Å². The lowest BCUT2D eigenvalue weighted by Crippen LogP contribution is -2.29. The number of aromatic nitrogens is 2. The number of amides is 1. The van der Waals surface area contributed by atoms with Crippen LogP contribution in [0.3, 0.4) is 0 Å². The van der Waals surface area contributed by atoms with Gasteiger partial charge in [-0.25, -0.2) is 0 Å². The summed E-state index contributed by atoms with van der Waals surface area (Å²) in [5.74, 6) is -1.09. The van der Waals surface area contributed by atoms with Gasteiger partial charge in [-0.2, -0.15) is 0 Å². The number of ether oxygens (including phenoxy) is 1. The number of Topliss-reactive ketones (excluding diaryl/α,β-unsaturated/α-hetero) is 1. The van der Waals surface area contributed by atoms with E-state index in [-0.39, 0.29) is 24.0 Å². The van der Waals surface area contributed by atoms with Crippen LogP contribution in [0, 0.1) is 0 Å². The zero-order valence-electron chi connectivity index (χ0n) is 19.4. The van der Waals surface area contributed by atoms with Crippen molar-refractivity contribution in [3.05, 3.63) is 102 Å². The Morgan fingerprint density at radius 1 is 1.09 bits per heavy atom. The number of hydrogen-bond acceptors (Lipinski definition) is 5. The number of aliphatic hydroxyl groups is 1. The molecule has 176 valence electrons. The third-order valence-electron chi connectivity index (χ3n) is 5.99. The average Bonchev–Trinajstić information content (AvgIpc) is 3.38. The summed E-state index contributed by atoms with van der Waals surface area (Å²) in [5, 5.41) is 12.3. The molecule has 3 heterocycles. The molecule has 1 aliphatic rings. The summed E-state index contributed by atoms with van der Waals surface area (Å²) in [7, 11) is 0. The second kappa shape index (κ2) is 9.10. The van der Waals surface area contributed by atoms with E-state index in [1.807, 2.05) is 44.2 Å². The van der Waals surface area contributed by atoms with Crippen molar-refractivity contribution in [3.63, 3.8) is 0 Å². The lowest BCUT2D eigenvalue weighted by molar-refractivity contribution is -0.140. The summed E-state index contributed by atoms with van der Waals surface area (Å²) in [6, 6.07) is 19.2. The highest BCUT2D eigenvalue weighted by Crippen LogP contribution is 2.42. The van der Waals surface area contributed by atoms with E-state index in [0.717, 1.165) is 16.5 Å². The summed E-state index contributed by atoms with van der Waals surface area (Å²) in [6.07, 6.45) is 3.38. The van der Waals surface area contributed by atoms with Crippen molar-refractivity contribution in [1.29, 1.82) is 0 Å². The molecule has 7 heteroatoms. The molecule has 0 bridgehead atoms. The first-order valence-electron chi connectivity index (χ1n) is 11.5. The van der Waals surface area contributed by atoms with Crippen LogP contribution >= 0.6 is 0 Å². The van der Waals surface area contributed by atoms with E-state index in [1.54, 1.807) is 48.8 Å². The van der Waals surface area contributed by atoms with Crippen molar-refractivity contribution in [3.8, 4) is 5.75 Å². The predicted molar refractivity (Wildman–Crippen MR) is 133 cm³/mol. The molecule has 35 heavy (non-hydrogen) atoms. The van der Waals surface area contributed by atoms with Crippen LogP contribution in [0.15, 0.2) is 84.7 Å². The van der Waals surface area contributed by atoms with Gasteiger partial charge in [0.15, 0.2) is 0 Å². The van der Waals surface area contributed by atoms with Gasteiger partial charge in [-0.05, 0) is 44.2 Å². The van der Waals surface area contributed by atoms with Crippen LogP contribution in [0.4, 0.5) is 0 Å². The summed E-state index contributed by atoms with van der Waals surface area (Å²) >= 11 is 0. The summed E-state index contributed by atoms with van der Waals surface area (Å²) in [4.78, 5) is 35.7. The molecule has 2 N–H and O–H groups in total. The van der Waals surface area contributed by atoms with Crippen LogP contribution in [-0.2, 0) is 16.1 Å². The maximum Gasteiger partial charge on any atom is 0.296 e. The van der Waals surface area contributed by atoms with E-state index in [4.69, 9.17) is 4.74 Å². The van der Waals surface area contributed by atoms with Gasteiger partial charge in [0, 0.05) is 34.4 Å². The lowest BCUT2D eigenvalue weighted by Gasteiger charge is -2.24. The number of para-hydroxylation sites is 1. The van der Waals surface area contributed by atoms with Crippen LogP contribution in [0.2, 0.25) is 0 Å². The Balaban J connectivity index is 1.68.